The van der Waals surface area contributed by atoms with Crippen molar-refractivity contribution in [3.8, 4) is 17.3 Å². The van der Waals surface area contributed by atoms with Crippen molar-refractivity contribution < 1.29 is 31.5 Å². The third-order valence-corrected chi connectivity index (χ3v) is 8.87. The predicted molar refractivity (Wildman–Crippen MR) is 167 cm³/mol. The number of nitrogen functional groups attached to an aromatic ring is 1. The van der Waals surface area contributed by atoms with Gasteiger partial charge in [-0.25, -0.2) is 26.9 Å². The predicted octanol–water partition coefficient (Wildman–Crippen LogP) is 4.61. The summed E-state index contributed by atoms with van der Waals surface area (Å²) in [7, 11) is -3.97. The second kappa shape index (κ2) is 11.9. The summed E-state index contributed by atoms with van der Waals surface area (Å²) < 4.78 is 62.7. The average molecular weight is 650 g/mol. The van der Waals surface area contributed by atoms with Crippen LogP contribution in [0, 0.1) is 25.5 Å². The number of nitrogens with one attached hydrogen (secondary N) is 2. The quantitative estimate of drug-likeness (QED) is 0.195. The monoisotopic (exact) mass is 649 g/mol. The molecule has 12 nitrogen and oxygen atoms in total. The first-order valence-corrected chi connectivity index (χ1v) is 15.9. The summed E-state index contributed by atoms with van der Waals surface area (Å²) in [5, 5.41) is 4.92. The zero-order valence-corrected chi connectivity index (χ0v) is 25.6. The number of nitrogens with zero attached hydrogens (tertiary/aromatic N) is 4. The number of H-pyrrole nitrogens is 1. The highest BCUT2D eigenvalue weighted by Crippen LogP contribution is 2.30. The molecule has 238 valence electrons. The largest absolute Gasteiger partial charge is 0.433 e. The lowest BCUT2D eigenvalue weighted by Crippen LogP contribution is -2.35. The maximum absolute atomic E-state index is 14.0. The number of hydrogen-bond acceptors (Lipinski definition) is 8. The lowest BCUT2D eigenvalue weighted by atomic mass is 10.1. The number of sulfonamides is 1. The van der Waals surface area contributed by atoms with Crippen LogP contribution in [-0.4, -0.2) is 63.6 Å². The number of aromatic amines is 1. The van der Waals surface area contributed by atoms with Gasteiger partial charge < -0.3 is 20.4 Å². The van der Waals surface area contributed by atoms with Crippen LogP contribution in [0.5, 0.6) is 11.6 Å². The van der Waals surface area contributed by atoms with E-state index in [4.69, 9.17) is 10.5 Å². The number of rotatable bonds is 9. The number of halogens is 2. The molecule has 0 atom stereocenters. The fourth-order valence-corrected chi connectivity index (χ4v) is 6.44. The third-order valence-electron chi connectivity index (χ3n) is 7.71. The number of anilines is 2. The van der Waals surface area contributed by atoms with Gasteiger partial charge in [-0.3, -0.25) is 14.3 Å². The lowest BCUT2D eigenvalue weighted by molar-refractivity contribution is -0.127. The second-order valence-corrected chi connectivity index (χ2v) is 12.8. The summed E-state index contributed by atoms with van der Waals surface area (Å²) >= 11 is 0. The molecule has 1 amide bonds. The molecule has 4 heterocycles. The summed E-state index contributed by atoms with van der Waals surface area (Å²) in [4.78, 5) is 34.6. The first-order valence-electron chi connectivity index (χ1n) is 14.3. The molecule has 0 aliphatic carbocycles. The van der Waals surface area contributed by atoms with Gasteiger partial charge in [0.15, 0.2) is 11.6 Å². The van der Waals surface area contributed by atoms with Crippen molar-refractivity contribution in [3.63, 3.8) is 0 Å². The van der Waals surface area contributed by atoms with E-state index < -0.39 is 44.9 Å². The van der Waals surface area contributed by atoms with Crippen molar-refractivity contribution in [2.45, 2.75) is 26.7 Å². The van der Waals surface area contributed by atoms with Crippen LogP contribution in [0.1, 0.15) is 40.0 Å². The van der Waals surface area contributed by atoms with Gasteiger partial charge in [0.2, 0.25) is 33.3 Å². The Labute approximate surface area is 262 Å². The van der Waals surface area contributed by atoms with Gasteiger partial charge in [0, 0.05) is 30.1 Å². The number of likely N-dealkylation sites (tertiary alicyclic amines) is 1. The van der Waals surface area contributed by atoms with E-state index in [1.54, 1.807) is 36.9 Å². The van der Waals surface area contributed by atoms with Crippen LogP contribution in [0.2, 0.25) is 0 Å². The number of ketones is 1. The third kappa shape index (κ3) is 6.00. The summed E-state index contributed by atoms with van der Waals surface area (Å²) in [6.45, 7) is 4.52. The molecule has 15 heteroatoms. The van der Waals surface area contributed by atoms with Crippen molar-refractivity contribution >= 4 is 44.1 Å². The van der Waals surface area contributed by atoms with E-state index in [0.29, 0.717) is 40.8 Å². The van der Waals surface area contributed by atoms with Crippen LogP contribution in [-0.2, 0) is 14.8 Å². The highest BCUT2D eigenvalue weighted by molar-refractivity contribution is 7.93. The van der Waals surface area contributed by atoms with Gasteiger partial charge in [0.1, 0.15) is 11.6 Å². The minimum Gasteiger partial charge on any atom is -0.433 e. The van der Waals surface area contributed by atoms with Crippen LogP contribution in [0.25, 0.3) is 16.6 Å². The number of nitrogens with two attached hydrogens (primary N) is 1. The van der Waals surface area contributed by atoms with Gasteiger partial charge in [-0.1, -0.05) is 6.07 Å². The maximum atomic E-state index is 14.0. The number of fused-ring (bicyclic) bond motifs is 1. The Morgan fingerprint density at radius 2 is 1.76 bits per heavy atom. The van der Waals surface area contributed by atoms with E-state index in [-0.39, 0.29) is 28.6 Å². The molecule has 1 aliphatic rings. The van der Waals surface area contributed by atoms with Crippen molar-refractivity contribution in [1.29, 1.82) is 0 Å². The summed E-state index contributed by atoms with van der Waals surface area (Å²) in [6.07, 6.45) is 4.38. The van der Waals surface area contributed by atoms with Gasteiger partial charge in [-0.2, -0.15) is 5.10 Å². The van der Waals surface area contributed by atoms with E-state index in [2.05, 4.69) is 19.8 Å². The smallest absolute Gasteiger partial charge is 0.241 e. The Morgan fingerprint density at radius 1 is 1.04 bits per heavy atom. The molecule has 1 saturated heterocycles. The van der Waals surface area contributed by atoms with E-state index >= 15 is 0 Å². The highest BCUT2D eigenvalue weighted by Gasteiger charge is 2.25. The summed E-state index contributed by atoms with van der Waals surface area (Å²) in [5.74, 6) is -3.93. The first kappa shape index (κ1) is 30.7. The van der Waals surface area contributed by atoms with E-state index in [1.165, 1.54) is 29.2 Å². The molecule has 6 rings (SSSR count). The molecule has 1 aliphatic heterocycles. The number of hydrogen-bond donors (Lipinski definition) is 3. The Kier molecular flexibility index (Phi) is 7.94. The molecule has 0 spiro atoms. The highest BCUT2D eigenvalue weighted by atomic mass is 32.2. The Hall–Kier alpha value is -5.31. The van der Waals surface area contributed by atoms with Gasteiger partial charge in [-0.15, -0.1) is 0 Å². The number of ether oxygens (including phenoxy) is 1. The van der Waals surface area contributed by atoms with Crippen molar-refractivity contribution in [2.24, 2.45) is 0 Å². The van der Waals surface area contributed by atoms with Gasteiger partial charge in [-0.05, 0) is 68.1 Å². The van der Waals surface area contributed by atoms with E-state index in [0.717, 1.165) is 25.0 Å². The summed E-state index contributed by atoms with van der Waals surface area (Å²) in [5.41, 5.74) is 8.96. The molecule has 0 saturated carbocycles. The second-order valence-electron chi connectivity index (χ2n) is 11.0. The Bertz CT molecular complexity index is 2100. The average Bonchev–Trinajstić information content (AvgIpc) is 3.75. The molecule has 1 fully saturated rings. The summed E-state index contributed by atoms with van der Waals surface area (Å²) in [6, 6.07) is 9.72. The number of amides is 1. The molecule has 4 N–H and O–H groups in total. The van der Waals surface area contributed by atoms with E-state index in [1.807, 2.05) is 0 Å². The van der Waals surface area contributed by atoms with Crippen molar-refractivity contribution in [2.75, 3.05) is 29.3 Å². The Morgan fingerprint density at radius 3 is 2.46 bits per heavy atom. The van der Waals surface area contributed by atoms with E-state index in [9.17, 15) is 26.8 Å². The number of benzene rings is 2. The molecule has 0 bridgehead atoms. The molecule has 3 aromatic heterocycles. The molecular weight excluding hydrogens is 620 g/mol. The molecule has 46 heavy (non-hydrogen) atoms. The number of para-hydroxylation sites is 1. The van der Waals surface area contributed by atoms with Crippen molar-refractivity contribution in [1.82, 2.24) is 24.6 Å². The van der Waals surface area contributed by atoms with Gasteiger partial charge in [0.05, 0.1) is 35.0 Å². The zero-order chi connectivity index (χ0) is 32.7. The fraction of sp³-hybridized carbons (Fsp3) is 0.226. The lowest BCUT2D eigenvalue weighted by Gasteiger charge is -2.16. The molecular formula is C31H29F2N7O5S. The standard InChI is InChI=1S/C31H29F2N7O5S/c1-17-10-19-12-25(37-24(19)13-23(17)38-46(43,44)16-28(41)39-8-3-4-9-39)29(42)20-14-36-40(31(20)34)26-15-35-27(11-18(26)2)45-30-21(32)6-5-7-22(30)33/h5-7,10-15,37-38H,3-4,8-9,16,34H2,1-2H3. The molecule has 0 unspecified atom stereocenters. The normalized spacial score (nSPS) is 13.3. The number of carbonyl (C=O) groups is 2. The van der Waals surface area contributed by atoms with Crippen LogP contribution in [0.15, 0.2) is 54.9 Å². The van der Waals surface area contributed by atoms with Crippen LogP contribution >= 0.6 is 0 Å². The van der Waals surface area contributed by atoms with Gasteiger partial charge >= 0.3 is 0 Å². The minimum atomic E-state index is -3.97. The van der Waals surface area contributed by atoms with Crippen molar-refractivity contribution in [3.05, 3.63) is 88.9 Å². The van der Waals surface area contributed by atoms with Crippen LogP contribution in [0.4, 0.5) is 20.3 Å². The molecule has 2 aromatic carbocycles. The number of aromatic nitrogens is 4. The number of pyridine rings is 1. The van der Waals surface area contributed by atoms with Crippen LogP contribution < -0.4 is 15.2 Å². The SMILES string of the molecule is Cc1cc2cc(C(=O)c3cnn(-c4cnc(Oc5c(F)cccc5F)cc4C)c3N)[nH]c2cc1NS(=O)(=O)CC(=O)N1CCCC1. The zero-order valence-electron chi connectivity index (χ0n) is 24.8. The minimum absolute atomic E-state index is 0.0228. The van der Waals surface area contributed by atoms with Crippen LogP contribution in [0.3, 0.4) is 0 Å². The fourth-order valence-electron chi connectivity index (χ4n) is 5.31. The number of carbonyl (C=O) groups excluding carboxylic acids is 2. The maximum Gasteiger partial charge on any atom is 0.241 e. The first-order chi connectivity index (χ1) is 21.9. The van der Waals surface area contributed by atoms with Gasteiger partial charge in [0.25, 0.3) is 0 Å². The Balaban J connectivity index is 1.21. The molecule has 0 radical (unpaired) electrons. The molecule has 5 aromatic rings. The topological polar surface area (TPSA) is 165 Å². The number of aryl methyl sites for hydroxylation is 2.